The van der Waals surface area contributed by atoms with E-state index < -0.39 is 0 Å². The van der Waals surface area contributed by atoms with Gasteiger partial charge in [0, 0.05) is 37.0 Å². The molecule has 19 heavy (non-hydrogen) atoms. The summed E-state index contributed by atoms with van der Waals surface area (Å²) in [5.74, 6) is 2.45. The second kappa shape index (κ2) is 6.78. The molecular weight excluding hydrogens is 252 g/mol. The Labute approximate surface area is 122 Å². The molecule has 0 saturated carbocycles. The smallest absolute Gasteiger partial charge is 0.0450 e. The predicted octanol–water partition coefficient (Wildman–Crippen LogP) is 3.16. The van der Waals surface area contributed by atoms with Crippen molar-refractivity contribution in [1.82, 2.24) is 10.2 Å². The van der Waals surface area contributed by atoms with E-state index in [0.717, 1.165) is 13.1 Å². The van der Waals surface area contributed by atoms with E-state index >= 15 is 0 Å². The molecule has 1 aromatic rings. The zero-order chi connectivity index (χ0) is 13.7. The van der Waals surface area contributed by atoms with Crippen LogP contribution in [0.2, 0.25) is 0 Å². The third-order valence-electron chi connectivity index (χ3n) is 3.95. The van der Waals surface area contributed by atoms with Gasteiger partial charge in [0.1, 0.15) is 0 Å². The minimum Gasteiger partial charge on any atom is -0.307 e. The van der Waals surface area contributed by atoms with Gasteiger partial charge in [-0.1, -0.05) is 37.3 Å². The summed E-state index contributed by atoms with van der Waals surface area (Å²) in [7, 11) is 0. The highest BCUT2D eigenvalue weighted by Gasteiger charge is 2.33. The third-order valence-corrected chi connectivity index (χ3v) is 4.83. The molecule has 1 saturated heterocycles. The molecule has 0 aliphatic carbocycles. The summed E-state index contributed by atoms with van der Waals surface area (Å²) in [6.07, 6.45) is 0. The number of piperazine rings is 1. The predicted molar refractivity (Wildman–Crippen MR) is 85.8 cm³/mol. The summed E-state index contributed by atoms with van der Waals surface area (Å²) in [6.45, 7) is 10.3. The summed E-state index contributed by atoms with van der Waals surface area (Å²) in [4.78, 5) is 2.64. The van der Waals surface area contributed by atoms with Crippen molar-refractivity contribution in [2.45, 2.75) is 32.4 Å². The fourth-order valence-electron chi connectivity index (χ4n) is 2.64. The van der Waals surface area contributed by atoms with E-state index in [4.69, 9.17) is 0 Å². The number of thioether (sulfide) groups is 1. The Morgan fingerprint density at radius 2 is 2.05 bits per heavy atom. The maximum absolute atomic E-state index is 3.70. The highest BCUT2D eigenvalue weighted by atomic mass is 32.2. The first-order chi connectivity index (χ1) is 9.13. The lowest BCUT2D eigenvalue weighted by Gasteiger charge is -2.46. The zero-order valence-electron chi connectivity index (χ0n) is 12.4. The van der Waals surface area contributed by atoms with Gasteiger partial charge in [-0.25, -0.2) is 0 Å². The summed E-state index contributed by atoms with van der Waals surface area (Å²) in [6, 6.07) is 11.3. The molecule has 0 radical (unpaired) electrons. The molecule has 2 nitrogen and oxygen atoms in total. The lowest BCUT2D eigenvalue weighted by atomic mass is 9.94. The Morgan fingerprint density at radius 3 is 2.74 bits per heavy atom. The standard InChI is InChI=1S/C16H26N2S/c1-4-19-11-10-18-12-15(17-13-16(18,2)3)14-8-6-5-7-9-14/h5-9,15,17H,4,10-13H2,1-3H3. The van der Waals surface area contributed by atoms with E-state index in [1.807, 2.05) is 11.8 Å². The van der Waals surface area contributed by atoms with Crippen LogP contribution in [0.3, 0.4) is 0 Å². The van der Waals surface area contributed by atoms with Crippen molar-refractivity contribution in [2.24, 2.45) is 0 Å². The Balaban J connectivity index is 1.99. The van der Waals surface area contributed by atoms with Crippen molar-refractivity contribution >= 4 is 11.8 Å². The minimum absolute atomic E-state index is 0.263. The Morgan fingerprint density at radius 1 is 1.32 bits per heavy atom. The fourth-order valence-corrected chi connectivity index (χ4v) is 3.28. The van der Waals surface area contributed by atoms with E-state index in [2.05, 4.69) is 61.3 Å². The van der Waals surface area contributed by atoms with E-state index in [9.17, 15) is 0 Å². The SMILES string of the molecule is CCSCCN1CC(c2ccccc2)NCC1(C)C. The molecule has 1 unspecified atom stereocenters. The van der Waals surface area contributed by atoms with E-state index in [-0.39, 0.29) is 5.54 Å². The largest absolute Gasteiger partial charge is 0.307 e. The maximum Gasteiger partial charge on any atom is 0.0450 e. The van der Waals surface area contributed by atoms with Gasteiger partial charge in [-0.3, -0.25) is 4.90 Å². The second-order valence-corrected chi connectivity index (χ2v) is 7.19. The summed E-state index contributed by atoms with van der Waals surface area (Å²) in [5.41, 5.74) is 1.67. The van der Waals surface area contributed by atoms with Gasteiger partial charge in [-0.05, 0) is 25.2 Å². The van der Waals surface area contributed by atoms with E-state index in [0.29, 0.717) is 6.04 Å². The van der Waals surface area contributed by atoms with Crippen LogP contribution in [0.25, 0.3) is 0 Å². The van der Waals surface area contributed by atoms with Crippen LogP contribution < -0.4 is 5.32 Å². The minimum atomic E-state index is 0.263. The van der Waals surface area contributed by atoms with Gasteiger partial charge in [-0.2, -0.15) is 11.8 Å². The van der Waals surface area contributed by atoms with Crippen molar-refractivity contribution in [2.75, 3.05) is 31.1 Å². The molecule has 1 aliphatic rings. The van der Waals surface area contributed by atoms with Gasteiger partial charge in [0.2, 0.25) is 0 Å². The first-order valence-electron chi connectivity index (χ1n) is 7.24. The Bertz CT molecular complexity index is 378. The number of nitrogens with one attached hydrogen (secondary N) is 1. The first-order valence-corrected chi connectivity index (χ1v) is 8.40. The highest BCUT2D eigenvalue weighted by molar-refractivity contribution is 7.99. The molecule has 0 amide bonds. The zero-order valence-corrected chi connectivity index (χ0v) is 13.2. The molecule has 1 atom stereocenters. The molecule has 1 N–H and O–H groups in total. The van der Waals surface area contributed by atoms with Crippen LogP contribution in [0.4, 0.5) is 0 Å². The molecule has 106 valence electrons. The van der Waals surface area contributed by atoms with Crippen LogP contribution in [-0.2, 0) is 0 Å². The average Bonchev–Trinajstić information content (AvgIpc) is 2.42. The third kappa shape index (κ3) is 3.98. The number of hydrogen-bond acceptors (Lipinski definition) is 3. The van der Waals surface area contributed by atoms with Crippen molar-refractivity contribution in [3.63, 3.8) is 0 Å². The molecule has 1 aromatic carbocycles. The molecule has 2 rings (SSSR count). The second-order valence-electron chi connectivity index (χ2n) is 5.80. The molecule has 1 aliphatic heterocycles. The molecule has 1 heterocycles. The van der Waals surface area contributed by atoms with E-state index in [1.54, 1.807) is 0 Å². The number of nitrogens with zero attached hydrogens (tertiary/aromatic N) is 1. The molecule has 1 fully saturated rings. The Kier molecular flexibility index (Phi) is 5.31. The van der Waals surface area contributed by atoms with Crippen LogP contribution >= 0.6 is 11.8 Å². The molecular formula is C16H26N2S. The number of rotatable bonds is 5. The van der Waals surface area contributed by atoms with Gasteiger partial charge in [-0.15, -0.1) is 0 Å². The average molecular weight is 278 g/mol. The van der Waals surface area contributed by atoms with Gasteiger partial charge >= 0.3 is 0 Å². The van der Waals surface area contributed by atoms with Gasteiger partial charge in [0.25, 0.3) is 0 Å². The molecule has 0 bridgehead atoms. The first kappa shape index (κ1) is 14.9. The van der Waals surface area contributed by atoms with Crippen LogP contribution in [0.5, 0.6) is 0 Å². The van der Waals surface area contributed by atoms with Crippen LogP contribution in [0, 0.1) is 0 Å². The van der Waals surface area contributed by atoms with Crippen molar-refractivity contribution < 1.29 is 0 Å². The number of benzene rings is 1. The normalized spacial score (nSPS) is 23.4. The van der Waals surface area contributed by atoms with Crippen molar-refractivity contribution in [1.29, 1.82) is 0 Å². The lowest BCUT2D eigenvalue weighted by Crippen LogP contribution is -2.59. The van der Waals surface area contributed by atoms with Crippen LogP contribution in [0.1, 0.15) is 32.4 Å². The van der Waals surface area contributed by atoms with Gasteiger partial charge < -0.3 is 5.32 Å². The van der Waals surface area contributed by atoms with Crippen molar-refractivity contribution in [3.05, 3.63) is 35.9 Å². The Hall–Kier alpha value is -0.510. The van der Waals surface area contributed by atoms with Crippen molar-refractivity contribution in [3.8, 4) is 0 Å². The topological polar surface area (TPSA) is 15.3 Å². The molecule has 0 aromatic heterocycles. The fraction of sp³-hybridized carbons (Fsp3) is 0.625. The van der Waals surface area contributed by atoms with Crippen LogP contribution in [-0.4, -0.2) is 41.6 Å². The van der Waals surface area contributed by atoms with Gasteiger partial charge in [0.15, 0.2) is 0 Å². The summed E-state index contributed by atoms with van der Waals surface area (Å²) < 4.78 is 0. The molecule has 0 spiro atoms. The summed E-state index contributed by atoms with van der Waals surface area (Å²) in [5, 5.41) is 3.70. The quantitative estimate of drug-likeness (QED) is 0.833. The summed E-state index contributed by atoms with van der Waals surface area (Å²) >= 11 is 2.04. The van der Waals surface area contributed by atoms with Gasteiger partial charge in [0.05, 0.1) is 0 Å². The molecule has 3 heteroatoms. The highest BCUT2D eigenvalue weighted by Crippen LogP contribution is 2.25. The lowest BCUT2D eigenvalue weighted by molar-refractivity contribution is 0.0729. The number of hydrogen-bond donors (Lipinski definition) is 1. The monoisotopic (exact) mass is 278 g/mol. The van der Waals surface area contributed by atoms with Crippen LogP contribution in [0.15, 0.2) is 30.3 Å². The maximum atomic E-state index is 3.70. The van der Waals surface area contributed by atoms with E-state index in [1.165, 1.54) is 23.6 Å².